The molecule has 0 amide bonds. The Morgan fingerprint density at radius 1 is 1.38 bits per heavy atom. The summed E-state index contributed by atoms with van der Waals surface area (Å²) in [5.74, 6) is 1.08. The standard InChI is InChI=1S/C13H19NOS/c1-11-13(7-8-15)16-10-14(11)9-12-5-3-2-4-6-12/h2-6,11,13,15H,7-10H2,1H3/q+1. The Labute approximate surface area is 102 Å². The predicted molar refractivity (Wildman–Crippen MR) is 69.7 cm³/mol. The molecule has 1 saturated heterocycles. The Balaban J connectivity index is 1.92. The van der Waals surface area contributed by atoms with Crippen LogP contribution in [0.3, 0.4) is 0 Å². The molecule has 0 aliphatic carbocycles. The van der Waals surface area contributed by atoms with Crippen molar-refractivity contribution in [3.05, 3.63) is 35.9 Å². The molecule has 2 rings (SSSR count). The monoisotopic (exact) mass is 237 g/mol. The molecule has 0 saturated carbocycles. The van der Waals surface area contributed by atoms with Crippen LogP contribution in [-0.2, 0) is 6.54 Å². The lowest BCUT2D eigenvalue weighted by Crippen LogP contribution is -2.37. The van der Waals surface area contributed by atoms with Crippen molar-refractivity contribution in [2.45, 2.75) is 31.2 Å². The molecule has 1 radical (unpaired) electrons. The fraction of sp³-hybridized carbons (Fsp3) is 0.538. The molecule has 2 atom stereocenters. The normalized spacial score (nSPS) is 26.1. The Hall–Kier alpha value is -0.510. The van der Waals surface area contributed by atoms with Crippen LogP contribution in [0.2, 0.25) is 0 Å². The number of rotatable bonds is 4. The maximum atomic E-state index is 8.99. The van der Waals surface area contributed by atoms with Gasteiger partial charge in [-0.05, 0) is 13.3 Å². The molecule has 3 heteroatoms. The zero-order valence-corrected chi connectivity index (χ0v) is 10.5. The lowest BCUT2D eigenvalue weighted by molar-refractivity contribution is 0.271. The number of aliphatic hydroxyl groups is 1. The third-order valence-corrected chi connectivity index (χ3v) is 4.75. The Morgan fingerprint density at radius 2 is 2.12 bits per heavy atom. The van der Waals surface area contributed by atoms with Gasteiger partial charge in [0.1, 0.15) is 12.6 Å². The van der Waals surface area contributed by atoms with Crippen LogP contribution in [-0.4, -0.2) is 28.9 Å². The zero-order valence-electron chi connectivity index (χ0n) is 9.67. The molecule has 0 bridgehead atoms. The number of nitrogens with zero attached hydrogens (tertiary/aromatic N) is 1. The van der Waals surface area contributed by atoms with Crippen LogP contribution >= 0.6 is 11.8 Å². The first-order chi connectivity index (χ1) is 7.81. The molecule has 87 valence electrons. The fourth-order valence-corrected chi connectivity index (χ4v) is 3.57. The Morgan fingerprint density at radius 3 is 2.81 bits per heavy atom. The number of aliphatic hydroxyl groups excluding tert-OH is 1. The van der Waals surface area contributed by atoms with Gasteiger partial charge in [-0.15, -0.1) is 0 Å². The van der Waals surface area contributed by atoms with Crippen LogP contribution in [0, 0.1) is 0 Å². The topological polar surface area (TPSA) is 26.1 Å². The second kappa shape index (κ2) is 5.71. The number of benzene rings is 1. The van der Waals surface area contributed by atoms with Gasteiger partial charge in [-0.1, -0.05) is 42.1 Å². The van der Waals surface area contributed by atoms with E-state index in [4.69, 9.17) is 5.11 Å². The first-order valence-electron chi connectivity index (χ1n) is 5.81. The molecular formula is C13H19NOS+. The summed E-state index contributed by atoms with van der Waals surface area (Å²) in [4.78, 5) is 2.49. The zero-order chi connectivity index (χ0) is 11.4. The lowest BCUT2D eigenvalue weighted by atomic mass is 10.1. The van der Waals surface area contributed by atoms with E-state index in [2.05, 4.69) is 42.2 Å². The molecule has 1 aliphatic rings. The van der Waals surface area contributed by atoms with E-state index in [0.29, 0.717) is 17.9 Å². The van der Waals surface area contributed by atoms with Crippen LogP contribution in [0.25, 0.3) is 0 Å². The van der Waals surface area contributed by atoms with Crippen molar-refractivity contribution in [1.29, 1.82) is 0 Å². The maximum absolute atomic E-state index is 8.99. The van der Waals surface area contributed by atoms with E-state index in [1.54, 1.807) is 0 Å². The Bertz CT molecular complexity index is 317. The number of hydrogen-bond acceptors (Lipinski definition) is 3. The summed E-state index contributed by atoms with van der Waals surface area (Å²) < 4.78 is 0. The molecule has 1 aromatic rings. The highest BCUT2D eigenvalue weighted by atomic mass is 32.2. The predicted octanol–water partition coefficient (Wildman–Crippen LogP) is 2.17. The molecule has 16 heavy (non-hydrogen) atoms. The minimum atomic E-state index is 0.307. The summed E-state index contributed by atoms with van der Waals surface area (Å²) in [7, 11) is 0. The molecule has 1 heterocycles. The lowest BCUT2D eigenvalue weighted by Gasteiger charge is -2.13. The molecule has 1 aliphatic heterocycles. The molecule has 0 spiro atoms. The van der Waals surface area contributed by atoms with Gasteiger partial charge in [0.15, 0.2) is 5.88 Å². The number of thioether (sulfide) groups is 1. The summed E-state index contributed by atoms with van der Waals surface area (Å²) >= 11 is 1.97. The van der Waals surface area contributed by atoms with Crippen LogP contribution in [0.15, 0.2) is 30.3 Å². The highest BCUT2D eigenvalue weighted by Gasteiger charge is 2.39. The molecule has 2 nitrogen and oxygen atoms in total. The van der Waals surface area contributed by atoms with E-state index < -0.39 is 0 Å². The van der Waals surface area contributed by atoms with E-state index in [1.807, 2.05) is 11.8 Å². The van der Waals surface area contributed by atoms with Gasteiger partial charge in [-0.2, -0.15) is 4.90 Å². The minimum Gasteiger partial charge on any atom is -0.396 e. The Kier molecular flexibility index (Phi) is 4.27. The van der Waals surface area contributed by atoms with Gasteiger partial charge in [0.05, 0.1) is 5.25 Å². The summed E-state index contributed by atoms with van der Waals surface area (Å²) in [6, 6.07) is 11.2. The van der Waals surface area contributed by atoms with E-state index in [0.717, 1.165) is 18.8 Å². The third-order valence-electron chi connectivity index (χ3n) is 3.21. The van der Waals surface area contributed by atoms with E-state index in [1.165, 1.54) is 5.56 Å². The van der Waals surface area contributed by atoms with Crippen molar-refractivity contribution in [3.63, 3.8) is 0 Å². The van der Waals surface area contributed by atoms with Crippen LogP contribution in [0.5, 0.6) is 0 Å². The summed E-state index contributed by atoms with van der Waals surface area (Å²) in [6.07, 6.45) is 0.914. The fourth-order valence-electron chi connectivity index (χ4n) is 2.14. The van der Waals surface area contributed by atoms with Crippen molar-refractivity contribution in [3.8, 4) is 0 Å². The average molecular weight is 237 g/mol. The maximum Gasteiger partial charge on any atom is 0.170 e. The third kappa shape index (κ3) is 2.78. The second-order valence-electron chi connectivity index (χ2n) is 4.32. The molecule has 1 aromatic carbocycles. The van der Waals surface area contributed by atoms with Gasteiger partial charge in [0.2, 0.25) is 0 Å². The van der Waals surface area contributed by atoms with E-state index in [-0.39, 0.29) is 0 Å². The molecule has 2 unspecified atom stereocenters. The number of hydrogen-bond donors (Lipinski definition) is 1. The first kappa shape index (κ1) is 12.0. The van der Waals surface area contributed by atoms with Gasteiger partial charge >= 0.3 is 0 Å². The largest absolute Gasteiger partial charge is 0.396 e. The first-order valence-corrected chi connectivity index (χ1v) is 6.86. The highest BCUT2D eigenvalue weighted by molar-refractivity contribution is 8.00. The van der Waals surface area contributed by atoms with Crippen molar-refractivity contribution >= 4 is 11.8 Å². The van der Waals surface area contributed by atoms with Crippen molar-refractivity contribution in [2.75, 3.05) is 12.5 Å². The van der Waals surface area contributed by atoms with Crippen LogP contribution in [0.1, 0.15) is 18.9 Å². The smallest absolute Gasteiger partial charge is 0.170 e. The van der Waals surface area contributed by atoms with Gasteiger partial charge < -0.3 is 5.11 Å². The summed E-state index contributed by atoms with van der Waals surface area (Å²) in [5.41, 5.74) is 1.37. The SMILES string of the molecule is CC1C(CCO)SC[N+]1Cc1ccccc1. The molecule has 0 aromatic heterocycles. The van der Waals surface area contributed by atoms with Gasteiger partial charge in [-0.25, -0.2) is 0 Å². The average Bonchev–Trinajstić information content (AvgIpc) is 2.64. The molecule has 1 N–H and O–H groups in total. The van der Waals surface area contributed by atoms with Crippen molar-refractivity contribution < 1.29 is 5.11 Å². The summed E-state index contributed by atoms with van der Waals surface area (Å²) in [6.45, 7) is 3.60. The van der Waals surface area contributed by atoms with Gasteiger partial charge in [0.25, 0.3) is 0 Å². The molecule has 1 fully saturated rings. The van der Waals surface area contributed by atoms with Gasteiger partial charge in [-0.3, -0.25) is 0 Å². The quantitative estimate of drug-likeness (QED) is 0.812. The second-order valence-corrected chi connectivity index (χ2v) is 5.52. The van der Waals surface area contributed by atoms with E-state index >= 15 is 0 Å². The van der Waals surface area contributed by atoms with Gasteiger partial charge in [0, 0.05) is 12.2 Å². The summed E-state index contributed by atoms with van der Waals surface area (Å²) in [5, 5.41) is 9.58. The minimum absolute atomic E-state index is 0.307. The van der Waals surface area contributed by atoms with Crippen LogP contribution < -0.4 is 4.90 Å². The van der Waals surface area contributed by atoms with Crippen LogP contribution in [0.4, 0.5) is 0 Å². The van der Waals surface area contributed by atoms with Crippen molar-refractivity contribution in [2.24, 2.45) is 0 Å². The molecular weight excluding hydrogens is 218 g/mol. The highest BCUT2D eigenvalue weighted by Crippen LogP contribution is 2.30. The van der Waals surface area contributed by atoms with Crippen molar-refractivity contribution in [1.82, 2.24) is 4.90 Å². The van der Waals surface area contributed by atoms with E-state index in [9.17, 15) is 0 Å².